The number of rotatable bonds is 5. The van der Waals surface area contributed by atoms with Gasteiger partial charge in [0.1, 0.15) is 12.1 Å². The van der Waals surface area contributed by atoms with Gasteiger partial charge in [-0.3, -0.25) is 0 Å². The Balaban J connectivity index is 1.90. The van der Waals surface area contributed by atoms with E-state index in [0.29, 0.717) is 30.5 Å². The molecule has 0 N–H and O–H groups in total. The molecule has 0 aliphatic heterocycles. The van der Waals surface area contributed by atoms with E-state index < -0.39 is 0 Å². The van der Waals surface area contributed by atoms with Crippen molar-refractivity contribution in [3.8, 4) is 0 Å². The lowest BCUT2D eigenvalue weighted by molar-refractivity contribution is 0.580. The molecule has 5 heteroatoms. The fourth-order valence-electron chi connectivity index (χ4n) is 2.39. The van der Waals surface area contributed by atoms with Gasteiger partial charge in [0.05, 0.1) is 5.69 Å². The summed E-state index contributed by atoms with van der Waals surface area (Å²) in [5, 5.41) is 0. The van der Waals surface area contributed by atoms with Crippen LogP contribution in [0.4, 0.5) is 14.6 Å². The Hall–Kier alpha value is -2.04. The average molecular weight is 289 g/mol. The third-order valence-corrected chi connectivity index (χ3v) is 3.70. The highest BCUT2D eigenvalue weighted by molar-refractivity contribution is 5.44. The quantitative estimate of drug-likeness (QED) is 0.843. The van der Waals surface area contributed by atoms with Gasteiger partial charge >= 0.3 is 0 Å². The van der Waals surface area contributed by atoms with Crippen LogP contribution >= 0.6 is 0 Å². The highest BCUT2D eigenvalue weighted by Gasteiger charge is 2.32. The smallest absolute Gasteiger partial charge is 0.187 e. The zero-order valence-electron chi connectivity index (χ0n) is 11.9. The van der Waals surface area contributed by atoms with Gasteiger partial charge in [-0.05, 0) is 37.0 Å². The summed E-state index contributed by atoms with van der Waals surface area (Å²) in [6.45, 7) is 2.40. The Kier molecular flexibility index (Phi) is 3.82. The molecule has 1 aliphatic rings. The largest absolute Gasteiger partial charge is 0.347 e. The van der Waals surface area contributed by atoms with Gasteiger partial charge in [0.15, 0.2) is 11.6 Å². The second-order valence-corrected chi connectivity index (χ2v) is 5.30. The normalized spacial score (nSPS) is 14.2. The Bertz CT molecular complexity index is 624. The molecule has 1 aromatic heterocycles. The van der Waals surface area contributed by atoms with Crippen molar-refractivity contribution in [2.45, 2.75) is 38.8 Å². The minimum atomic E-state index is -0.339. The van der Waals surface area contributed by atoms with Crippen LogP contribution in [-0.2, 0) is 13.0 Å². The number of anilines is 1. The summed E-state index contributed by atoms with van der Waals surface area (Å²) in [7, 11) is 0. The molecule has 1 aromatic carbocycles. The molecule has 0 atom stereocenters. The van der Waals surface area contributed by atoms with E-state index in [1.54, 1.807) is 12.1 Å². The molecule has 110 valence electrons. The molecule has 0 unspecified atom stereocenters. The fraction of sp³-hybridized carbons (Fsp3) is 0.375. The Morgan fingerprint density at radius 2 is 1.86 bits per heavy atom. The lowest BCUT2D eigenvalue weighted by Gasteiger charge is -2.24. The molecule has 0 spiro atoms. The first-order chi connectivity index (χ1) is 10.2. The minimum Gasteiger partial charge on any atom is -0.347 e. The molecule has 3 rings (SSSR count). The number of aryl methyl sites for hydroxylation is 1. The van der Waals surface area contributed by atoms with E-state index in [2.05, 4.69) is 9.97 Å². The van der Waals surface area contributed by atoms with E-state index in [1.165, 1.54) is 18.5 Å². The molecule has 3 nitrogen and oxygen atoms in total. The third kappa shape index (κ3) is 3.01. The van der Waals surface area contributed by atoms with Gasteiger partial charge in [-0.2, -0.15) is 0 Å². The van der Waals surface area contributed by atoms with Crippen LogP contribution in [0.15, 0.2) is 30.6 Å². The van der Waals surface area contributed by atoms with Crippen LogP contribution in [0.5, 0.6) is 0 Å². The van der Waals surface area contributed by atoms with Crippen molar-refractivity contribution in [2.75, 3.05) is 4.90 Å². The molecule has 1 saturated carbocycles. The number of aromatic nitrogens is 2. The van der Waals surface area contributed by atoms with Gasteiger partial charge in [-0.25, -0.2) is 18.7 Å². The van der Waals surface area contributed by atoms with Crippen LogP contribution < -0.4 is 4.90 Å². The third-order valence-electron chi connectivity index (χ3n) is 3.70. The SMILES string of the molecule is CCc1ncnc(N(Cc2ccc(F)cc2)C2CC2)c1F. The maximum Gasteiger partial charge on any atom is 0.187 e. The monoisotopic (exact) mass is 289 g/mol. The molecule has 0 saturated heterocycles. The predicted molar refractivity (Wildman–Crippen MR) is 77.0 cm³/mol. The van der Waals surface area contributed by atoms with Gasteiger partial charge < -0.3 is 4.90 Å². The van der Waals surface area contributed by atoms with Crippen molar-refractivity contribution in [2.24, 2.45) is 0 Å². The van der Waals surface area contributed by atoms with Gasteiger partial charge in [0.2, 0.25) is 0 Å². The molecule has 0 amide bonds. The number of halogens is 2. The lowest BCUT2D eigenvalue weighted by atomic mass is 10.2. The molecule has 2 aromatic rings. The summed E-state index contributed by atoms with van der Waals surface area (Å²) in [5.41, 5.74) is 1.38. The highest BCUT2D eigenvalue weighted by atomic mass is 19.1. The van der Waals surface area contributed by atoms with Crippen molar-refractivity contribution in [3.05, 3.63) is 53.5 Å². The van der Waals surface area contributed by atoms with Gasteiger partial charge in [-0.15, -0.1) is 0 Å². The summed E-state index contributed by atoms with van der Waals surface area (Å²) < 4.78 is 27.4. The van der Waals surface area contributed by atoms with E-state index in [4.69, 9.17) is 0 Å². The predicted octanol–water partition coefficient (Wildman–Crippen LogP) is 3.49. The average Bonchev–Trinajstić information content (AvgIpc) is 3.32. The van der Waals surface area contributed by atoms with Crippen LogP contribution in [0, 0.1) is 11.6 Å². The first kappa shape index (κ1) is 13.9. The zero-order valence-corrected chi connectivity index (χ0v) is 11.9. The van der Waals surface area contributed by atoms with Gasteiger partial charge in [0.25, 0.3) is 0 Å². The van der Waals surface area contributed by atoms with Gasteiger partial charge in [-0.1, -0.05) is 19.1 Å². The summed E-state index contributed by atoms with van der Waals surface area (Å²) in [5.74, 6) is -0.249. The van der Waals surface area contributed by atoms with Gasteiger partial charge in [0, 0.05) is 12.6 Å². The molecular formula is C16H17F2N3. The highest BCUT2D eigenvalue weighted by Crippen LogP contribution is 2.33. The number of hydrogen-bond donors (Lipinski definition) is 0. The van der Waals surface area contributed by atoms with E-state index in [0.717, 1.165) is 18.4 Å². The van der Waals surface area contributed by atoms with E-state index in [1.807, 2.05) is 11.8 Å². The first-order valence-corrected chi connectivity index (χ1v) is 7.19. The molecule has 1 heterocycles. The van der Waals surface area contributed by atoms with Crippen molar-refractivity contribution in [3.63, 3.8) is 0 Å². The van der Waals surface area contributed by atoms with E-state index >= 15 is 0 Å². The summed E-state index contributed by atoms with van der Waals surface area (Å²) in [6.07, 6.45) is 4.02. The van der Waals surface area contributed by atoms with Crippen molar-refractivity contribution < 1.29 is 8.78 Å². The lowest BCUT2D eigenvalue weighted by Crippen LogP contribution is -2.27. The molecule has 1 aliphatic carbocycles. The Morgan fingerprint density at radius 3 is 2.48 bits per heavy atom. The van der Waals surface area contributed by atoms with E-state index in [9.17, 15) is 8.78 Å². The van der Waals surface area contributed by atoms with E-state index in [-0.39, 0.29) is 11.6 Å². The molecule has 0 bridgehead atoms. The Labute approximate surface area is 122 Å². The summed E-state index contributed by atoms with van der Waals surface area (Å²) in [4.78, 5) is 10.1. The second kappa shape index (κ2) is 5.76. The minimum absolute atomic E-state index is 0.266. The van der Waals surface area contributed by atoms with Crippen LogP contribution in [-0.4, -0.2) is 16.0 Å². The van der Waals surface area contributed by atoms with Crippen molar-refractivity contribution in [1.82, 2.24) is 9.97 Å². The number of hydrogen-bond acceptors (Lipinski definition) is 3. The Morgan fingerprint density at radius 1 is 1.14 bits per heavy atom. The number of nitrogens with zero attached hydrogens (tertiary/aromatic N) is 3. The number of benzene rings is 1. The van der Waals surface area contributed by atoms with Crippen molar-refractivity contribution in [1.29, 1.82) is 0 Å². The zero-order chi connectivity index (χ0) is 14.8. The summed E-state index contributed by atoms with van der Waals surface area (Å²) >= 11 is 0. The molecule has 1 fully saturated rings. The topological polar surface area (TPSA) is 29.0 Å². The fourth-order valence-corrected chi connectivity index (χ4v) is 2.39. The van der Waals surface area contributed by atoms with Crippen LogP contribution in [0.1, 0.15) is 31.0 Å². The van der Waals surface area contributed by atoms with Crippen LogP contribution in [0.3, 0.4) is 0 Å². The standard InChI is InChI=1S/C16H17F2N3/c1-2-14-15(18)16(20-10-19-14)21(13-7-8-13)9-11-3-5-12(17)6-4-11/h3-6,10,13H,2,7-9H2,1H3. The second-order valence-electron chi connectivity index (χ2n) is 5.30. The van der Waals surface area contributed by atoms with Crippen LogP contribution in [0.2, 0.25) is 0 Å². The molecular weight excluding hydrogens is 272 g/mol. The summed E-state index contributed by atoms with van der Waals surface area (Å²) in [6, 6.07) is 6.61. The van der Waals surface area contributed by atoms with Crippen LogP contribution in [0.25, 0.3) is 0 Å². The molecule has 0 radical (unpaired) electrons. The van der Waals surface area contributed by atoms with Crippen molar-refractivity contribution >= 4 is 5.82 Å². The molecule has 21 heavy (non-hydrogen) atoms. The maximum absolute atomic E-state index is 14.5. The maximum atomic E-state index is 14.5. The first-order valence-electron chi connectivity index (χ1n) is 7.19.